The van der Waals surface area contributed by atoms with Gasteiger partial charge in [0.05, 0.1) is 5.56 Å². The van der Waals surface area contributed by atoms with Crippen molar-refractivity contribution in [1.29, 1.82) is 0 Å². The fourth-order valence-corrected chi connectivity index (χ4v) is 3.93. The molecule has 1 heterocycles. The topological polar surface area (TPSA) is 97.4 Å². The summed E-state index contributed by atoms with van der Waals surface area (Å²) < 4.78 is 6.14. The summed E-state index contributed by atoms with van der Waals surface area (Å²) in [5.74, 6) is -0.739. The maximum absolute atomic E-state index is 12.5. The predicted molar refractivity (Wildman–Crippen MR) is 105 cm³/mol. The van der Waals surface area contributed by atoms with E-state index < -0.39 is 24.0 Å². The number of benzene rings is 1. The summed E-state index contributed by atoms with van der Waals surface area (Å²) in [6.07, 6.45) is -1.09. The zero-order valence-corrected chi connectivity index (χ0v) is 16.9. The van der Waals surface area contributed by atoms with Crippen molar-refractivity contribution in [2.45, 2.75) is 37.0 Å². The van der Waals surface area contributed by atoms with Gasteiger partial charge in [-0.15, -0.1) is 11.3 Å². The zero-order chi connectivity index (χ0) is 19.8. The number of thioether (sulfide) groups is 1. The van der Waals surface area contributed by atoms with Gasteiger partial charge in [0.15, 0.2) is 6.10 Å². The van der Waals surface area contributed by atoms with E-state index in [9.17, 15) is 14.4 Å². The summed E-state index contributed by atoms with van der Waals surface area (Å²) in [6, 6.07) is 6.44. The Morgan fingerprint density at radius 2 is 2.04 bits per heavy atom. The van der Waals surface area contributed by atoms with Crippen LogP contribution in [0.25, 0.3) is 0 Å². The molecule has 1 atom stereocenters. The number of nitrogens with zero attached hydrogens (tertiary/aromatic N) is 1. The molecule has 1 aromatic carbocycles. The molecular formula is C18H21N3O4S2. The fraction of sp³-hybridized carbons (Fsp3) is 0.333. The van der Waals surface area contributed by atoms with Crippen molar-refractivity contribution in [3.8, 4) is 0 Å². The highest BCUT2D eigenvalue weighted by Crippen LogP contribution is 2.27. The molecule has 7 nitrogen and oxygen atoms in total. The number of aromatic nitrogens is 1. The van der Waals surface area contributed by atoms with Crippen molar-refractivity contribution in [2.24, 2.45) is 0 Å². The molecule has 1 aromatic heterocycles. The molecule has 0 aliphatic heterocycles. The minimum atomic E-state index is -1.09. The van der Waals surface area contributed by atoms with E-state index in [1.54, 1.807) is 30.4 Å². The van der Waals surface area contributed by atoms with Gasteiger partial charge in [-0.1, -0.05) is 30.0 Å². The van der Waals surface area contributed by atoms with Crippen molar-refractivity contribution in [3.05, 3.63) is 46.5 Å². The number of hydrogen-bond acceptors (Lipinski definition) is 7. The average Bonchev–Trinajstić information content (AvgIpc) is 3.05. The van der Waals surface area contributed by atoms with E-state index in [1.165, 1.54) is 18.7 Å². The molecular weight excluding hydrogens is 386 g/mol. The maximum atomic E-state index is 12.5. The van der Waals surface area contributed by atoms with Gasteiger partial charge in [-0.05, 0) is 32.4 Å². The van der Waals surface area contributed by atoms with Gasteiger partial charge < -0.3 is 10.1 Å². The molecule has 2 rings (SSSR count). The fourth-order valence-electron chi connectivity index (χ4n) is 2.08. The van der Waals surface area contributed by atoms with Crippen molar-refractivity contribution < 1.29 is 19.1 Å². The Hall–Kier alpha value is -2.39. The molecule has 144 valence electrons. The minimum absolute atomic E-state index is 0.385. The van der Waals surface area contributed by atoms with Gasteiger partial charge in [0.2, 0.25) is 0 Å². The molecule has 0 spiro atoms. The van der Waals surface area contributed by atoms with Gasteiger partial charge in [0.25, 0.3) is 5.91 Å². The van der Waals surface area contributed by atoms with Crippen LogP contribution in [0, 0.1) is 6.92 Å². The first-order valence-electron chi connectivity index (χ1n) is 8.33. The first kappa shape index (κ1) is 20.9. The summed E-state index contributed by atoms with van der Waals surface area (Å²) in [5.41, 5.74) is 2.13. The van der Waals surface area contributed by atoms with Crippen LogP contribution in [0.3, 0.4) is 0 Å². The van der Waals surface area contributed by atoms with Gasteiger partial charge in [-0.25, -0.2) is 14.6 Å². The Balaban J connectivity index is 1.99. The lowest BCUT2D eigenvalue weighted by Crippen LogP contribution is -2.44. The van der Waals surface area contributed by atoms with Crippen LogP contribution in [-0.4, -0.2) is 35.5 Å². The quantitative estimate of drug-likeness (QED) is 0.541. The van der Waals surface area contributed by atoms with Crippen LogP contribution in [0.2, 0.25) is 0 Å². The largest absolute Gasteiger partial charge is 0.449 e. The second-order valence-corrected chi connectivity index (χ2v) is 7.68. The van der Waals surface area contributed by atoms with Crippen molar-refractivity contribution in [2.75, 3.05) is 6.54 Å². The van der Waals surface area contributed by atoms with Crippen LogP contribution in [-0.2, 0) is 15.3 Å². The maximum Gasteiger partial charge on any atom is 0.339 e. The van der Waals surface area contributed by atoms with Crippen LogP contribution < -0.4 is 10.6 Å². The van der Waals surface area contributed by atoms with Crippen LogP contribution in [0.5, 0.6) is 0 Å². The third kappa shape index (κ3) is 6.37. The summed E-state index contributed by atoms with van der Waals surface area (Å²) in [6.45, 7) is 5.47. The number of aryl methyl sites for hydroxylation is 1. The summed E-state index contributed by atoms with van der Waals surface area (Å²) in [7, 11) is 0. The van der Waals surface area contributed by atoms with Crippen LogP contribution in [0.1, 0.15) is 35.5 Å². The van der Waals surface area contributed by atoms with E-state index in [-0.39, 0.29) is 0 Å². The third-order valence-electron chi connectivity index (χ3n) is 3.41. The second kappa shape index (κ2) is 10.1. The van der Waals surface area contributed by atoms with E-state index in [4.69, 9.17) is 4.74 Å². The van der Waals surface area contributed by atoms with E-state index in [2.05, 4.69) is 15.6 Å². The van der Waals surface area contributed by atoms with E-state index in [1.807, 2.05) is 24.4 Å². The van der Waals surface area contributed by atoms with Crippen LogP contribution in [0.4, 0.5) is 4.79 Å². The molecule has 0 fully saturated rings. The number of esters is 1. The van der Waals surface area contributed by atoms with Gasteiger partial charge in [-0.2, -0.15) is 0 Å². The molecule has 3 amide bonds. The SMILES string of the molecule is CCNC(=O)NC(=O)C(C)OC(=O)c1ccccc1CSc1nc(C)cs1. The minimum Gasteiger partial charge on any atom is -0.449 e. The van der Waals surface area contributed by atoms with Gasteiger partial charge in [0, 0.05) is 23.4 Å². The number of carbonyl (C=O) groups is 3. The predicted octanol–water partition coefficient (Wildman–Crippen LogP) is 3.13. The number of urea groups is 1. The Morgan fingerprint density at radius 1 is 1.30 bits per heavy atom. The van der Waals surface area contributed by atoms with Crippen molar-refractivity contribution in [1.82, 2.24) is 15.6 Å². The summed E-state index contributed by atoms with van der Waals surface area (Å²) in [4.78, 5) is 40.2. The summed E-state index contributed by atoms with van der Waals surface area (Å²) in [5, 5.41) is 6.53. The molecule has 0 saturated carbocycles. The highest BCUT2D eigenvalue weighted by atomic mass is 32.2. The van der Waals surface area contributed by atoms with Gasteiger partial charge in [-0.3, -0.25) is 10.1 Å². The normalized spacial score (nSPS) is 11.5. The molecule has 0 saturated heterocycles. The number of carbonyl (C=O) groups excluding carboxylic acids is 3. The number of thiazole rings is 1. The average molecular weight is 408 g/mol. The van der Waals surface area contributed by atoms with E-state index in [0.717, 1.165) is 15.6 Å². The van der Waals surface area contributed by atoms with Crippen molar-refractivity contribution in [3.63, 3.8) is 0 Å². The molecule has 2 N–H and O–H groups in total. The summed E-state index contributed by atoms with van der Waals surface area (Å²) >= 11 is 3.08. The van der Waals surface area contributed by atoms with Crippen molar-refractivity contribution >= 4 is 41.0 Å². The van der Waals surface area contributed by atoms with Gasteiger partial charge in [0.1, 0.15) is 4.34 Å². The lowest BCUT2D eigenvalue weighted by atomic mass is 10.1. The Labute approximate surface area is 165 Å². The van der Waals surface area contributed by atoms with E-state index in [0.29, 0.717) is 17.9 Å². The van der Waals surface area contributed by atoms with E-state index >= 15 is 0 Å². The first-order valence-corrected chi connectivity index (χ1v) is 10.2. The standard InChI is InChI=1S/C18H21N3O4S2/c1-4-19-17(24)21-15(22)12(3)25-16(23)14-8-6-5-7-13(14)10-27-18-20-11(2)9-26-18/h5-9,12H,4,10H2,1-3H3,(H2,19,21,22,24). The number of amides is 3. The molecule has 1 unspecified atom stereocenters. The highest BCUT2D eigenvalue weighted by Gasteiger charge is 2.22. The molecule has 2 aromatic rings. The monoisotopic (exact) mass is 407 g/mol. The van der Waals surface area contributed by atoms with Crippen LogP contribution >= 0.6 is 23.1 Å². The number of ether oxygens (including phenoxy) is 1. The lowest BCUT2D eigenvalue weighted by Gasteiger charge is -2.14. The molecule has 0 aliphatic carbocycles. The Bertz CT molecular complexity index is 822. The smallest absolute Gasteiger partial charge is 0.339 e. The second-order valence-electron chi connectivity index (χ2n) is 5.60. The highest BCUT2D eigenvalue weighted by molar-refractivity contribution is 8.00. The number of nitrogens with one attached hydrogen (secondary N) is 2. The van der Waals surface area contributed by atoms with Gasteiger partial charge >= 0.3 is 12.0 Å². The zero-order valence-electron chi connectivity index (χ0n) is 15.3. The number of imide groups is 1. The third-order valence-corrected chi connectivity index (χ3v) is 5.60. The first-order chi connectivity index (χ1) is 12.9. The Morgan fingerprint density at radius 3 is 2.70 bits per heavy atom. The molecule has 0 bridgehead atoms. The van der Waals surface area contributed by atoms with Crippen LogP contribution in [0.15, 0.2) is 34.0 Å². The number of rotatable bonds is 7. The number of hydrogen-bond donors (Lipinski definition) is 2. The lowest BCUT2D eigenvalue weighted by molar-refractivity contribution is -0.127. The molecule has 0 aliphatic rings. The molecule has 9 heteroatoms. The molecule has 0 radical (unpaired) electrons. The molecule has 27 heavy (non-hydrogen) atoms. The Kier molecular flexibility index (Phi) is 7.81.